The first kappa shape index (κ1) is 10.9. The van der Waals surface area contributed by atoms with Crippen molar-refractivity contribution in [3.63, 3.8) is 0 Å². The molecule has 0 aliphatic carbocycles. The topological polar surface area (TPSA) is 43.0 Å². The predicted octanol–water partition coefficient (Wildman–Crippen LogP) is 3.26. The smallest absolute Gasteiger partial charge is 0.148 e. The number of fused-ring (bicyclic) bond motifs is 1. The van der Waals surface area contributed by atoms with E-state index < -0.39 is 0 Å². The van der Waals surface area contributed by atoms with Crippen LogP contribution in [0.15, 0.2) is 47.2 Å². The summed E-state index contributed by atoms with van der Waals surface area (Å²) >= 11 is 0. The molecule has 3 rings (SSSR count). The first-order valence-corrected chi connectivity index (χ1v) is 6.09. The Morgan fingerprint density at radius 2 is 2.17 bits per heavy atom. The van der Waals surface area contributed by atoms with Crippen molar-refractivity contribution in [2.45, 2.75) is 20.0 Å². The van der Waals surface area contributed by atoms with Crippen LogP contribution in [0.1, 0.15) is 12.5 Å². The molecule has 0 unspecified atom stereocenters. The van der Waals surface area contributed by atoms with Crippen molar-refractivity contribution in [3.8, 4) is 0 Å². The van der Waals surface area contributed by atoms with E-state index in [-0.39, 0.29) is 0 Å². The average molecular weight is 241 g/mol. The summed E-state index contributed by atoms with van der Waals surface area (Å²) in [5.41, 5.74) is 2.07. The van der Waals surface area contributed by atoms with Gasteiger partial charge in [-0.3, -0.25) is 4.68 Å². The molecule has 1 aromatic carbocycles. The largest absolute Gasteiger partial charge is 0.464 e. The quantitative estimate of drug-likeness (QED) is 0.762. The van der Waals surface area contributed by atoms with E-state index in [2.05, 4.69) is 23.4 Å². The lowest BCUT2D eigenvalue weighted by Crippen LogP contribution is -2.01. The van der Waals surface area contributed by atoms with Gasteiger partial charge in [-0.1, -0.05) is 18.2 Å². The minimum atomic E-state index is 0.720. The molecule has 0 atom stereocenters. The van der Waals surface area contributed by atoms with Crippen molar-refractivity contribution in [3.05, 3.63) is 48.4 Å². The third-order valence-electron chi connectivity index (χ3n) is 2.99. The summed E-state index contributed by atoms with van der Waals surface area (Å²) < 4.78 is 7.40. The van der Waals surface area contributed by atoms with Crippen LogP contribution in [-0.4, -0.2) is 9.78 Å². The molecule has 2 aromatic heterocycles. The highest BCUT2D eigenvalue weighted by Crippen LogP contribution is 2.21. The van der Waals surface area contributed by atoms with E-state index in [1.54, 1.807) is 6.26 Å². The van der Waals surface area contributed by atoms with Gasteiger partial charge in [0.2, 0.25) is 0 Å². The van der Waals surface area contributed by atoms with Crippen LogP contribution in [0.3, 0.4) is 0 Å². The van der Waals surface area contributed by atoms with Crippen molar-refractivity contribution in [2.75, 3.05) is 5.32 Å². The second-order valence-electron chi connectivity index (χ2n) is 4.17. The van der Waals surface area contributed by atoms with Gasteiger partial charge in [-0.05, 0) is 13.0 Å². The fourth-order valence-corrected chi connectivity index (χ4v) is 1.99. The third kappa shape index (κ3) is 1.97. The van der Waals surface area contributed by atoms with Gasteiger partial charge in [0.15, 0.2) is 0 Å². The fourth-order valence-electron chi connectivity index (χ4n) is 1.99. The standard InChI is InChI=1S/C14H15N3O/c1-2-17-8-7-14(16-17)15-9-11-10-18-13-6-4-3-5-12(11)13/h3-8,10H,2,9H2,1H3,(H,15,16). The van der Waals surface area contributed by atoms with Crippen LogP contribution in [0.5, 0.6) is 0 Å². The van der Waals surface area contributed by atoms with Crippen LogP contribution in [0.25, 0.3) is 11.0 Å². The van der Waals surface area contributed by atoms with Gasteiger partial charge in [0.05, 0.1) is 6.26 Å². The van der Waals surface area contributed by atoms with Crippen LogP contribution in [0.2, 0.25) is 0 Å². The Labute approximate surface area is 105 Å². The normalized spacial score (nSPS) is 10.9. The molecule has 0 bridgehead atoms. The zero-order chi connectivity index (χ0) is 12.4. The molecule has 4 heteroatoms. The van der Waals surface area contributed by atoms with Crippen LogP contribution in [-0.2, 0) is 13.1 Å². The van der Waals surface area contributed by atoms with E-state index in [9.17, 15) is 0 Å². The molecule has 0 saturated carbocycles. The molecule has 3 aromatic rings. The molecule has 0 aliphatic rings. The number of nitrogens with zero attached hydrogens (tertiary/aromatic N) is 2. The Hall–Kier alpha value is -2.23. The number of para-hydroxylation sites is 1. The highest BCUT2D eigenvalue weighted by molar-refractivity contribution is 5.81. The van der Waals surface area contributed by atoms with Gasteiger partial charge >= 0.3 is 0 Å². The average Bonchev–Trinajstić information content (AvgIpc) is 3.03. The lowest BCUT2D eigenvalue weighted by molar-refractivity contribution is 0.611. The van der Waals surface area contributed by atoms with Crippen LogP contribution in [0.4, 0.5) is 5.82 Å². The number of aromatic nitrogens is 2. The Morgan fingerprint density at radius 1 is 1.28 bits per heavy atom. The maximum absolute atomic E-state index is 5.50. The van der Waals surface area contributed by atoms with Gasteiger partial charge in [-0.2, -0.15) is 5.10 Å². The van der Waals surface area contributed by atoms with Crippen molar-refractivity contribution in [1.29, 1.82) is 0 Å². The monoisotopic (exact) mass is 241 g/mol. The summed E-state index contributed by atoms with van der Waals surface area (Å²) in [6.07, 6.45) is 3.77. The van der Waals surface area contributed by atoms with Crippen LogP contribution >= 0.6 is 0 Å². The summed E-state index contributed by atoms with van der Waals surface area (Å²) in [7, 11) is 0. The molecular weight excluding hydrogens is 226 g/mol. The van der Waals surface area contributed by atoms with E-state index in [1.807, 2.05) is 35.1 Å². The first-order valence-electron chi connectivity index (χ1n) is 6.09. The lowest BCUT2D eigenvalue weighted by atomic mass is 10.2. The van der Waals surface area contributed by atoms with Gasteiger partial charge in [-0.25, -0.2) is 0 Å². The van der Waals surface area contributed by atoms with Crippen molar-refractivity contribution in [2.24, 2.45) is 0 Å². The van der Waals surface area contributed by atoms with Gasteiger partial charge in [0.1, 0.15) is 11.4 Å². The van der Waals surface area contributed by atoms with Gasteiger partial charge in [-0.15, -0.1) is 0 Å². The van der Waals surface area contributed by atoms with Gasteiger partial charge in [0, 0.05) is 36.3 Å². The summed E-state index contributed by atoms with van der Waals surface area (Å²) in [5.74, 6) is 0.891. The molecule has 18 heavy (non-hydrogen) atoms. The van der Waals surface area contributed by atoms with Crippen molar-refractivity contribution in [1.82, 2.24) is 9.78 Å². The Bertz CT molecular complexity index is 654. The van der Waals surface area contributed by atoms with E-state index in [0.29, 0.717) is 0 Å². The number of hydrogen-bond donors (Lipinski definition) is 1. The zero-order valence-electron chi connectivity index (χ0n) is 10.3. The van der Waals surface area contributed by atoms with Gasteiger partial charge < -0.3 is 9.73 Å². The molecule has 4 nitrogen and oxygen atoms in total. The molecule has 0 aliphatic heterocycles. The van der Waals surface area contributed by atoms with E-state index >= 15 is 0 Å². The fraction of sp³-hybridized carbons (Fsp3) is 0.214. The highest BCUT2D eigenvalue weighted by Gasteiger charge is 2.05. The first-order chi connectivity index (χ1) is 8.86. The third-order valence-corrected chi connectivity index (χ3v) is 2.99. The number of benzene rings is 1. The molecule has 0 amide bonds. The van der Waals surface area contributed by atoms with Crippen molar-refractivity contribution >= 4 is 16.8 Å². The summed E-state index contributed by atoms with van der Waals surface area (Å²) in [6.45, 7) is 3.68. The number of rotatable bonds is 4. The maximum atomic E-state index is 5.50. The molecule has 2 heterocycles. The Kier molecular flexibility index (Phi) is 2.76. The molecule has 1 N–H and O–H groups in total. The minimum Gasteiger partial charge on any atom is -0.464 e. The zero-order valence-corrected chi connectivity index (χ0v) is 10.3. The molecule has 0 radical (unpaired) electrons. The Balaban J connectivity index is 1.76. The van der Waals surface area contributed by atoms with E-state index in [0.717, 1.165) is 35.4 Å². The molecule has 0 saturated heterocycles. The highest BCUT2D eigenvalue weighted by atomic mass is 16.3. The Morgan fingerprint density at radius 3 is 3.00 bits per heavy atom. The molecule has 0 spiro atoms. The molecule has 0 fully saturated rings. The van der Waals surface area contributed by atoms with Gasteiger partial charge in [0.25, 0.3) is 0 Å². The molecular formula is C14H15N3O. The number of hydrogen-bond acceptors (Lipinski definition) is 3. The summed E-state index contributed by atoms with van der Waals surface area (Å²) in [5, 5.41) is 8.84. The van der Waals surface area contributed by atoms with Crippen LogP contribution in [0, 0.1) is 0 Å². The minimum absolute atomic E-state index is 0.720. The van der Waals surface area contributed by atoms with E-state index in [4.69, 9.17) is 4.42 Å². The second kappa shape index (κ2) is 4.56. The number of nitrogens with one attached hydrogen (secondary N) is 1. The van der Waals surface area contributed by atoms with E-state index in [1.165, 1.54) is 0 Å². The predicted molar refractivity (Wildman–Crippen MR) is 71.4 cm³/mol. The second-order valence-corrected chi connectivity index (χ2v) is 4.17. The summed E-state index contributed by atoms with van der Waals surface area (Å²) in [4.78, 5) is 0. The molecule has 92 valence electrons. The van der Waals surface area contributed by atoms with Crippen LogP contribution < -0.4 is 5.32 Å². The number of furan rings is 1. The SMILES string of the molecule is CCn1ccc(NCc2coc3ccccc23)n1. The lowest BCUT2D eigenvalue weighted by Gasteiger charge is -2.01. The summed E-state index contributed by atoms with van der Waals surface area (Å²) in [6, 6.07) is 10.0. The number of aryl methyl sites for hydroxylation is 1. The van der Waals surface area contributed by atoms with Crippen molar-refractivity contribution < 1.29 is 4.42 Å². The maximum Gasteiger partial charge on any atom is 0.148 e. The number of anilines is 1.